The Hall–Kier alpha value is -3.95. The SMILES string of the molecule is COc1cc(CNC(=O)CCc2ncc(-c3c(F)cccc3F)o2)ccc1OCC(=O)N(C)C. The maximum atomic E-state index is 13.9. The van der Waals surface area contributed by atoms with Gasteiger partial charge in [0.05, 0.1) is 18.9 Å². The first-order chi connectivity index (χ1) is 16.3. The maximum Gasteiger partial charge on any atom is 0.259 e. The largest absolute Gasteiger partial charge is 0.493 e. The highest BCUT2D eigenvalue weighted by atomic mass is 19.1. The molecule has 0 aliphatic rings. The lowest BCUT2D eigenvalue weighted by Crippen LogP contribution is -2.27. The Morgan fingerprint density at radius 3 is 2.53 bits per heavy atom. The number of benzene rings is 2. The molecule has 0 saturated heterocycles. The van der Waals surface area contributed by atoms with Crippen LogP contribution in [0, 0.1) is 11.6 Å². The van der Waals surface area contributed by atoms with Gasteiger partial charge in [-0.05, 0) is 29.8 Å². The van der Waals surface area contributed by atoms with Crippen LogP contribution in [-0.2, 0) is 22.6 Å². The molecule has 0 unspecified atom stereocenters. The number of oxazole rings is 1. The Balaban J connectivity index is 1.51. The summed E-state index contributed by atoms with van der Waals surface area (Å²) in [6, 6.07) is 8.65. The number of amides is 2. The summed E-state index contributed by atoms with van der Waals surface area (Å²) in [6.45, 7) is 0.120. The van der Waals surface area contributed by atoms with Crippen molar-refractivity contribution >= 4 is 11.8 Å². The number of nitrogens with zero attached hydrogens (tertiary/aromatic N) is 2. The lowest BCUT2D eigenvalue weighted by molar-refractivity contribution is -0.130. The van der Waals surface area contributed by atoms with E-state index in [1.807, 2.05) is 0 Å². The molecule has 180 valence electrons. The van der Waals surface area contributed by atoms with Crippen molar-refractivity contribution in [1.82, 2.24) is 15.2 Å². The second-order valence-corrected chi connectivity index (χ2v) is 7.55. The number of likely N-dealkylation sites (N-methyl/N-ethyl adjacent to an activating group) is 1. The van der Waals surface area contributed by atoms with Gasteiger partial charge in [-0.25, -0.2) is 13.8 Å². The first kappa shape index (κ1) is 24.7. The van der Waals surface area contributed by atoms with Gasteiger partial charge in [-0.1, -0.05) is 12.1 Å². The normalized spacial score (nSPS) is 10.6. The Kier molecular flexibility index (Phi) is 8.18. The molecule has 0 fully saturated rings. The van der Waals surface area contributed by atoms with Crippen LogP contribution >= 0.6 is 0 Å². The van der Waals surface area contributed by atoms with Crippen molar-refractivity contribution in [3.63, 3.8) is 0 Å². The molecule has 0 bridgehead atoms. The summed E-state index contributed by atoms with van der Waals surface area (Å²) in [6.07, 6.45) is 1.47. The summed E-state index contributed by atoms with van der Waals surface area (Å²) in [5, 5.41) is 2.78. The number of rotatable bonds is 10. The van der Waals surface area contributed by atoms with Gasteiger partial charge in [0.25, 0.3) is 5.91 Å². The number of halogens is 2. The molecule has 0 aliphatic heterocycles. The van der Waals surface area contributed by atoms with Gasteiger partial charge in [-0.3, -0.25) is 9.59 Å². The zero-order valence-electron chi connectivity index (χ0n) is 19.1. The van der Waals surface area contributed by atoms with E-state index in [2.05, 4.69) is 10.3 Å². The Morgan fingerprint density at radius 2 is 1.85 bits per heavy atom. The van der Waals surface area contributed by atoms with Crippen molar-refractivity contribution < 1.29 is 32.3 Å². The van der Waals surface area contributed by atoms with Gasteiger partial charge in [0.2, 0.25) is 5.91 Å². The lowest BCUT2D eigenvalue weighted by atomic mass is 10.1. The van der Waals surface area contributed by atoms with E-state index >= 15 is 0 Å². The molecule has 8 nitrogen and oxygen atoms in total. The molecule has 1 N–H and O–H groups in total. The topological polar surface area (TPSA) is 93.9 Å². The van der Waals surface area contributed by atoms with E-state index in [-0.39, 0.29) is 55.0 Å². The predicted molar refractivity (Wildman–Crippen MR) is 119 cm³/mol. The highest BCUT2D eigenvalue weighted by molar-refractivity contribution is 5.77. The van der Waals surface area contributed by atoms with E-state index in [0.717, 1.165) is 17.7 Å². The number of nitrogens with one attached hydrogen (secondary N) is 1. The van der Waals surface area contributed by atoms with Gasteiger partial charge in [0, 0.05) is 33.5 Å². The molecule has 1 aromatic heterocycles. The van der Waals surface area contributed by atoms with E-state index in [9.17, 15) is 18.4 Å². The fraction of sp³-hybridized carbons (Fsp3) is 0.292. The number of hydrogen-bond donors (Lipinski definition) is 1. The van der Waals surface area contributed by atoms with Crippen LogP contribution < -0.4 is 14.8 Å². The van der Waals surface area contributed by atoms with Crippen molar-refractivity contribution in [2.75, 3.05) is 27.8 Å². The summed E-state index contributed by atoms with van der Waals surface area (Å²) in [5.74, 6) is -0.933. The summed E-state index contributed by atoms with van der Waals surface area (Å²) >= 11 is 0. The molecule has 0 radical (unpaired) electrons. The summed E-state index contributed by atoms with van der Waals surface area (Å²) in [7, 11) is 4.76. The van der Waals surface area contributed by atoms with Gasteiger partial charge in [0.15, 0.2) is 29.8 Å². The molecule has 2 amide bonds. The van der Waals surface area contributed by atoms with Gasteiger partial charge in [0.1, 0.15) is 11.6 Å². The third kappa shape index (κ3) is 6.31. The second-order valence-electron chi connectivity index (χ2n) is 7.55. The fourth-order valence-corrected chi connectivity index (χ4v) is 2.99. The fourth-order valence-electron chi connectivity index (χ4n) is 2.99. The van der Waals surface area contributed by atoms with Crippen molar-refractivity contribution in [3.8, 4) is 22.8 Å². The molecule has 0 atom stereocenters. The average Bonchev–Trinajstić information content (AvgIpc) is 3.28. The van der Waals surface area contributed by atoms with Crippen LogP contribution in [0.3, 0.4) is 0 Å². The first-order valence-electron chi connectivity index (χ1n) is 10.4. The van der Waals surface area contributed by atoms with Crippen LogP contribution in [0.2, 0.25) is 0 Å². The third-order valence-corrected chi connectivity index (χ3v) is 4.90. The number of hydrogen-bond acceptors (Lipinski definition) is 6. The zero-order valence-corrected chi connectivity index (χ0v) is 19.1. The predicted octanol–water partition coefficient (Wildman–Crippen LogP) is 3.34. The average molecular weight is 473 g/mol. The minimum atomic E-state index is -0.753. The quantitative estimate of drug-likeness (QED) is 0.486. The molecule has 0 saturated carbocycles. The Morgan fingerprint density at radius 1 is 1.12 bits per heavy atom. The number of carbonyl (C=O) groups is 2. The highest BCUT2D eigenvalue weighted by Crippen LogP contribution is 2.28. The van der Waals surface area contributed by atoms with Crippen LogP contribution in [0.25, 0.3) is 11.3 Å². The van der Waals surface area contributed by atoms with Gasteiger partial charge in [-0.2, -0.15) is 0 Å². The number of methoxy groups -OCH3 is 1. The molecule has 3 aromatic rings. The van der Waals surface area contributed by atoms with E-state index in [0.29, 0.717) is 11.5 Å². The van der Waals surface area contributed by atoms with Gasteiger partial charge in [-0.15, -0.1) is 0 Å². The van der Waals surface area contributed by atoms with Crippen molar-refractivity contribution in [1.29, 1.82) is 0 Å². The maximum absolute atomic E-state index is 13.9. The summed E-state index contributed by atoms with van der Waals surface area (Å²) in [4.78, 5) is 29.4. The van der Waals surface area contributed by atoms with E-state index < -0.39 is 11.6 Å². The first-order valence-corrected chi connectivity index (χ1v) is 10.4. The minimum absolute atomic E-state index is 0.0345. The van der Waals surface area contributed by atoms with Gasteiger partial charge >= 0.3 is 0 Å². The Bertz CT molecular complexity index is 1140. The van der Waals surface area contributed by atoms with Crippen LogP contribution in [-0.4, -0.2) is 49.5 Å². The zero-order chi connectivity index (χ0) is 24.7. The highest BCUT2D eigenvalue weighted by Gasteiger charge is 2.16. The van der Waals surface area contributed by atoms with Crippen molar-refractivity contribution in [2.24, 2.45) is 0 Å². The van der Waals surface area contributed by atoms with Crippen LogP contribution in [0.5, 0.6) is 11.5 Å². The van der Waals surface area contributed by atoms with E-state index in [1.165, 1.54) is 24.3 Å². The molecule has 34 heavy (non-hydrogen) atoms. The molecular formula is C24H25F2N3O5. The molecule has 2 aromatic carbocycles. The van der Waals surface area contributed by atoms with Crippen LogP contribution in [0.4, 0.5) is 8.78 Å². The van der Waals surface area contributed by atoms with Crippen LogP contribution in [0.15, 0.2) is 47.0 Å². The van der Waals surface area contributed by atoms with E-state index in [1.54, 1.807) is 32.3 Å². The summed E-state index contributed by atoms with van der Waals surface area (Å²) < 4.78 is 44.0. The number of aryl methyl sites for hydroxylation is 1. The molecule has 1 heterocycles. The lowest BCUT2D eigenvalue weighted by Gasteiger charge is -2.14. The smallest absolute Gasteiger partial charge is 0.259 e. The van der Waals surface area contributed by atoms with Gasteiger partial charge < -0.3 is 24.1 Å². The van der Waals surface area contributed by atoms with E-state index in [4.69, 9.17) is 13.9 Å². The number of carbonyl (C=O) groups excluding carboxylic acids is 2. The summed E-state index contributed by atoms with van der Waals surface area (Å²) in [5.41, 5.74) is 0.475. The van der Waals surface area contributed by atoms with Crippen molar-refractivity contribution in [3.05, 3.63) is 65.7 Å². The monoisotopic (exact) mass is 473 g/mol. The molecular weight excluding hydrogens is 448 g/mol. The molecule has 10 heteroatoms. The minimum Gasteiger partial charge on any atom is -0.493 e. The second kappa shape index (κ2) is 11.3. The third-order valence-electron chi connectivity index (χ3n) is 4.90. The molecule has 3 rings (SSSR count). The van der Waals surface area contributed by atoms with Crippen molar-refractivity contribution in [2.45, 2.75) is 19.4 Å². The van der Waals surface area contributed by atoms with Crippen LogP contribution in [0.1, 0.15) is 17.9 Å². The molecule has 0 spiro atoms. The number of ether oxygens (including phenoxy) is 2. The molecule has 0 aliphatic carbocycles. The standard InChI is InChI=1S/C24H25F2N3O5/c1-29(2)23(31)14-33-18-8-7-15(11-19(18)32-3)12-27-21(30)9-10-22-28-13-20(34-22)24-16(25)5-4-6-17(24)26/h4-8,11,13H,9-10,12,14H2,1-3H3,(H,27,30). The number of aromatic nitrogens is 1. The Labute approximate surface area is 195 Å².